The van der Waals surface area contributed by atoms with Gasteiger partial charge in [-0.05, 0) is 30.2 Å². The summed E-state index contributed by atoms with van der Waals surface area (Å²) < 4.78 is 0. The number of aromatic nitrogens is 2. The molecule has 0 unspecified atom stereocenters. The summed E-state index contributed by atoms with van der Waals surface area (Å²) in [5, 5.41) is 0.922. The molecule has 0 saturated carbocycles. The van der Waals surface area contributed by atoms with Crippen molar-refractivity contribution in [3.05, 3.63) is 90.6 Å². The summed E-state index contributed by atoms with van der Waals surface area (Å²) in [4.78, 5) is 9.36. The molecule has 25 heavy (non-hydrogen) atoms. The molecular weight excluding hydrogens is 324 g/mol. The first kappa shape index (κ1) is 15.7. The number of nitrogens with one attached hydrogen (secondary N) is 1. The minimum absolute atomic E-state index is 0.922. The second-order valence-electron chi connectivity index (χ2n) is 5.87. The summed E-state index contributed by atoms with van der Waals surface area (Å²) in [6.45, 7) is 2.07. The molecule has 0 fully saturated rings. The van der Waals surface area contributed by atoms with Gasteiger partial charge in [0.15, 0.2) is 5.16 Å². The van der Waals surface area contributed by atoms with Crippen LogP contribution in [0.15, 0.2) is 95.0 Å². The first-order valence-electron chi connectivity index (χ1n) is 8.25. The lowest BCUT2D eigenvalue weighted by molar-refractivity contribution is 1.04. The van der Waals surface area contributed by atoms with E-state index in [0.29, 0.717) is 0 Å². The smallest absolute Gasteiger partial charge is 0.171 e. The third-order valence-corrected chi connectivity index (χ3v) is 4.98. The molecule has 2 nitrogen and oxygen atoms in total. The summed E-state index contributed by atoms with van der Waals surface area (Å²) in [6, 6.07) is 29.3. The number of aryl methyl sites for hydroxylation is 1. The lowest BCUT2D eigenvalue weighted by Crippen LogP contribution is -1.82. The van der Waals surface area contributed by atoms with Crippen molar-refractivity contribution >= 4 is 11.8 Å². The zero-order valence-electron chi connectivity index (χ0n) is 13.9. The Morgan fingerprint density at radius 1 is 0.680 bits per heavy atom. The maximum atomic E-state index is 4.79. The molecule has 1 aromatic heterocycles. The Hall–Kier alpha value is -2.78. The molecule has 0 amide bonds. The lowest BCUT2D eigenvalue weighted by Gasteiger charge is -2.03. The summed E-state index contributed by atoms with van der Waals surface area (Å²) in [7, 11) is 0. The van der Waals surface area contributed by atoms with Crippen molar-refractivity contribution in [3.8, 4) is 22.4 Å². The van der Waals surface area contributed by atoms with E-state index in [2.05, 4.69) is 72.6 Å². The van der Waals surface area contributed by atoms with E-state index in [4.69, 9.17) is 4.98 Å². The molecule has 122 valence electrons. The Kier molecular flexibility index (Phi) is 4.40. The van der Waals surface area contributed by atoms with Crippen LogP contribution in [-0.2, 0) is 0 Å². The number of benzene rings is 3. The molecule has 0 spiro atoms. The number of hydrogen-bond acceptors (Lipinski definition) is 2. The second-order valence-corrected chi connectivity index (χ2v) is 6.94. The van der Waals surface area contributed by atoms with Gasteiger partial charge in [0.1, 0.15) is 0 Å². The van der Waals surface area contributed by atoms with E-state index in [0.717, 1.165) is 22.1 Å². The van der Waals surface area contributed by atoms with Gasteiger partial charge in [0.2, 0.25) is 0 Å². The Balaban J connectivity index is 1.60. The SMILES string of the molecule is Cc1[nH]c(Sc2ccccc2)nc1-c1ccc(-c2ccccc2)cc1. The Bertz CT molecular complexity index is 958. The Morgan fingerprint density at radius 2 is 1.24 bits per heavy atom. The van der Waals surface area contributed by atoms with Crippen molar-refractivity contribution in [2.24, 2.45) is 0 Å². The third-order valence-electron chi connectivity index (χ3n) is 4.09. The van der Waals surface area contributed by atoms with Crippen LogP contribution in [-0.4, -0.2) is 9.97 Å². The number of nitrogens with zero attached hydrogens (tertiary/aromatic N) is 1. The Labute approximate surface area is 152 Å². The van der Waals surface area contributed by atoms with Crippen molar-refractivity contribution in [2.45, 2.75) is 17.0 Å². The highest BCUT2D eigenvalue weighted by atomic mass is 32.2. The van der Waals surface area contributed by atoms with Crippen molar-refractivity contribution in [3.63, 3.8) is 0 Å². The standard InChI is InChI=1S/C22H18N2S/c1-16-21(24-22(23-16)25-20-10-6-3-7-11-20)19-14-12-18(13-15-19)17-8-4-2-5-9-17/h2-15H,1H3,(H,23,24). The van der Waals surface area contributed by atoms with E-state index in [1.54, 1.807) is 11.8 Å². The van der Waals surface area contributed by atoms with E-state index >= 15 is 0 Å². The van der Waals surface area contributed by atoms with Crippen LogP contribution in [0.2, 0.25) is 0 Å². The molecule has 0 saturated heterocycles. The van der Waals surface area contributed by atoms with E-state index < -0.39 is 0 Å². The summed E-state index contributed by atoms with van der Waals surface area (Å²) in [6.07, 6.45) is 0. The van der Waals surface area contributed by atoms with Crippen LogP contribution in [0, 0.1) is 6.92 Å². The normalized spacial score (nSPS) is 10.8. The maximum absolute atomic E-state index is 4.79. The second kappa shape index (κ2) is 6.99. The monoisotopic (exact) mass is 342 g/mol. The number of H-pyrrole nitrogens is 1. The average Bonchev–Trinajstić information content (AvgIpc) is 3.03. The van der Waals surface area contributed by atoms with Crippen molar-refractivity contribution in [1.29, 1.82) is 0 Å². The van der Waals surface area contributed by atoms with E-state index in [9.17, 15) is 0 Å². The number of hydrogen-bond donors (Lipinski definition) is 1. The highest BCUT2D eigenvalue weighted by Crippen LogP contribution is 2.30. The molecule has 4 aromatic rings. The molecular formula is C22H18N2S. The quantitative estimate of drug-likeness (QED) is 0.478. The summed E-state index contributed by atoms with van der Waals surface area (Å²) in [5.74, 6) is 0. The molecule has 4 rings (SSSR count). The van der Waals surface area contributed by atoms with Gasteiger partial charge in [-0.25, -0.2) is 4.98 Å². The van der Waals surface area contributed by atoms with Crippen LogP contribution in [0.3, 0.4) is 0 Å². The van der Waals surface area contributed by atoms with Crippen LogP contribution in [0.1, 0.15) is 5.69 Å². The van der Waals surface area contributed by atoms with Crippen LogP contribution in [0.25, 0.3) is 22.4 Å². The van der Waals surface area contributed by atoms with Gasteiger partial charge in [-0.3, -0.25) is 0 Å². The van der Waals surface area contributed by atoms with Gasteiger partial charge in [-0.1, -0.05) is 84.6 Å². The van der Waals surface area contributed by atoms with E-state index in [1.165, 1.54) is 16.0 Å². The first-order valence-corrected chi connectivity index (χ1v) is 9.06. The molecule has 3 aromatic carbocycles. The number of rotatable bonds is 4. The summed E-state index contributed by atoms with van der Waals surface area (Å²) >= 11 is 1.65. The van der Waals surface area contributed by atoms with Gasteiger partial charge in [-0.2, -0.15) is 0 Å². The van der Waals surface area contributed by atoms with Crippen molar-refractivity contribution in [1.82, 2.24) is 9.97 Å². The fourth-order valence-corrected chi connectivity index (χ4v) is 3.67. The molecule has 0 aliphatic carbocycles. The fourth-order valence-electron chi connectivity index (χ4n) is 2.81. The fraction of sp³-hybridized carbons (Fsp3) is 0.0455. The van der Waals surface area contributed by atoms with Crippen LogP contribution >= 0.6 is 11.8 Å². The zero-order valence-corrected chi connectivity index (χ0v) is 14.8. The van der Waals surface area contributed by atoms with Crippen molar-refractivity contribution < 1.29 is 0 Å². The molecule has 0 bridgehead atoms. The van der Waals surface area contributed by atoms with Crippen LogP contribution in [0.4, 0.5) is 0 Å². The highest BCUT2D eigenvalue weighted by Gasteiger charge is 2.10. The molecule has 0 aliphatic heterocycles. The molecule has 0 atom stereocenters. The highest BCUT2D eigenvalue weighted by molar-refractivity contribution is 7.99. The van der Waals surface area contributed by atoms with E-state index in [1.807, 2.05) is 24.3 Å². The lowest BCUT2D eigenvalue weighted by atomic mass is 10.0. The van der Waals surface area contributed by atoms with Crippen LogP contribution in [0.5, 0.6) is 0 Å². The average molecular weight is 342 g/mol. The minimum Gasteiger partial charge on any atom is -0.336 e. The topological polar surface area (TPSA) is 28.7 Å². The third kappa shape index (κ3) is 3.52. The van der Waals surface area contributed by atoms with Gasteiger partial charge in [-0.15, -0.1) is 0 Å². The predicted molar refractivity (Wildman–Crippen MR) is 105 cm³/mol. The van der Waals surface area contributed by atoms with E-state index in [-0.39, 0.29) is 0 Å². The number of imidazole rings is 1. The van der Waals surface area contributed by atoms with Crippen LogP contribution < -0.4 is 0 Å². The zero-order chi connectivity index (χ0) is 17.1. The molecule has 3 heteroatoms. The largest absolute Gasteiger partial charge is 0.336 e. The minimum atomic E-state index is 0.922. The molecule has 0 aliphatic rings. The van der Waals surface area contributed by atoms with Gasteiger partial charge < -0.3 is 4.98 Å². The molecule has 1 N–H and O–H groups in total. The number of aromatic amines is 1. The molecule has 0 radical (unpaired) electrons. The van der Waals surface area contributed by atoms with Gasteiger partial charge in [0, 0.05) is 16.2 Å². The van der Waals surface area contributed by atoms with Gasteiger partial charge >= 0.3 is 0 Å². The predicted octanol–water partition coefficient (Wildman–Crippen LogP) is 6.20. The van der Waals surface area contributed by atoms with Gasteiger partial charge in [0.05, 0.1) is 5.69 Å². The first-order chi connectivity index (χ1) is 12.3. The summed E-state index contributed by atoms with van der Waals surface area (Å²) in [5.41, 5.74) is 5.68. The maximum Gasteiger partial charge on any atom is 0.171 e. The van der Waals surface area contributed by atoms with Crippen molar-refractivity contribution in [2.75, 3.05) is 0 Å². The van der Waals surface area contributed by atoms with Gasteiger partial charge in [0.25, 0.3) is 0 Å². The molecule has 1 heterocycles. The Morgan fingerprint density at radius 3 is 1.92 bits per heavy atom.